The van der Waals surface area contributed by atoms with E-state index in [9.17, 15) is 9.59 Å². The number of nitrogens with two attached hydrogens (primary N) is 1. The molecule has 0 aromatic carbocycles. The number of anilines is 1. The number of amides is 1. The van der Waals surface area contributed by atoms with Gasteiger partial charge >= 0.3 is 5.97 Å². The van der Waals surface area contributed by atoms with E-state index in [1.807, 2.05) is 0 Å². The average Bonchev–Trinajstić information content (AvgIpc) is 2.38. The van der Waals surface area contributed by atoms with Crippen molar-refractivity contribution < 1.29 is 14.7 Å². The summed E-state index contributed by atoms with van der Waals surface area (Å²) in [6, 6.07) is 3.31. The Labute approximate surface area is 111 Å². The van der Waals surface area contributed by atoms with Gasteiger partial charge in [0.05, 0.1) is 5.69 Å². The molecule has 6 heteroatoms. The van der Waals surface area contributed by atoms with Crippen LogP contribution in [0.1, 0.15) is 29.8 Å². The summed E-state index contributed by atoms with van der Waals surface area (Å²) in [6.45, 7) is 1.09. The van der Waals surface area contributed by atoms with Crippen LogP contribution in [0.15, 0.2) is 18.3 Å². The summed E-state index contributed by atoms with van der Waals surface area (Å²) in [6.07, 6.45) is 3.29. The highest BCUT2D eigenvalue weighted by Crippen LogP contribution is 2.22. The first-order chi connectivity index (χ1) is 9.08. The molecule has 1 aromatic rings. The van der Waals surface area contributed by atoms with Gasteiger partial charge in [0.1, 0.15) is 0 Å². The smallest absolute Gasteiger partial charge is 0.303 e. The van der Waals surface area contributed by atoms with Crippen LogP contribution in [0.2, 0.25) is 0 Å². The van der Waals surface area contributed by atoms with Gasteiger partial charge in [-0.05, 0) is 30.9 Å². The van der Waals surface area contributed by atoms with Crippen LogP contribution in [0.25, 0.3) is 0 Å². The maximum Gasteiger partial charge on any atom is 0.303 e. The van der Waals surface area contributed by atoms with Crippen molar-refractivity contribution in [2.75, 3.05) is 18.8 Å². The molecule has 1 aliphatic heterocycles. The van der Waals surface area contributed by atoms with Crippen LogP contribution in [-0.2, 0) is 4.79 Å². The number of hydrogen-bond acceptors (Lipinski definition) is 4. The molecule has 1 amide bonds. The van der Waals surface area contributed by atoms with Crippen molar-refractivity contribution >= 4 is 17.6 Å². The Morgan fingerprint density at radius 1 is 1.53 bits per heavy atom. The van der Waals surface area contributed by atoms with Crippen LogP contribution in [0.3, 0.4) is 0 Å². The molecule has 1 aromatic heterocycles. The zero-order chi connectivity index (χ0) is 13.8. The van der Waals surface area contributed by atoms with Gasteiger partial charge in [0, 0.05) is 25.7 Å². The Kier molecular flexibility index (Phi) is 3.99. The number of nitrogen functional groups attached to an aromatic ring is 1. The predicted octanol–water partition coefficient (Wildman–Crippen LogP) is 0.991. The molecule has 1 unspecified atom stereocenters. The second-order valence-electron chi connectivity index (χ2n) is 4.80. The molecule has 6 nitrogen and oxygen atoms in total. The van der Waals surface area contributed by atoms with Gasteiger partial charge in [0.2, 0.25) is 0 Å². The van der Waals surface area contributed by atoms with Gasteiger partial charge in [-0.1, -0.05) is 0 Å². The zero-order valence-electron chi connectivity index (χ0n) is 10.6. The number of aromatic nitrogens is 1. The quantitative estimate of drug-likeness (QED) is 0.847. The molecule has 0 aliphatic carbocycles. The molecule has 0 bridgehead atoms. The van der Waals surface area contributed by atoms with Gasteiger partial charge < -0.3 is 15.7 Å². The third kappa shape index (κ3) is 3.21. The van der Waals surface area contributed by atoms with E-state index in [1.54, 1.807) is 17.0 Å². The monoisotopic (exact) mass is 263 g/mol. The van der Waals surface area contributed by atoms with E-state index >= 15 is 0 Å². The Morgan fingerprint density at radius 3 is 3.00 bits per heavy atom. The van der Waals surface area contributed by atoms with Crippen LogP contribution in [0, 0.1) is 5.92 Å². The SMILES string of the molecule is Nc1cccnc1C(=O)N1CCCC(CC(=O)O)C1. The minimum atomic E-state index is -0.823. The summed E-state index contributed by atoms with van der Waals surface area (Å²) < 4.78 is 0. The third-order valence-corrected chi connectivity index (χ3v) is 3.31. The molecular weight excluding hydrogens is 246 g/mol. The van der Waals surface area contributed by atoms with Crippen LogP contribution in [0.4, 0.5) is 5.69 Å². The van der Waals surface area contributed by atoms with Crippen molar-refractivity contribution in [2.24, 2.45) is 5.92 Å². The first-order valence-electron chi connectivity index (χ1n) is 6.29. The fourth-order valence-corrected chi connectivity index (χ4v) is 2.41. The van der Waals surface area contributed by atoms with Gasteiger partial charge in [-0.2, -0.15) is 0 Å². The van der Waals surface area contributed by atoms with Crippen LogP contribution in [0.5, 0.6) is 0 Å². The van der Waals surface area contributed by atoms with Crippen molar-refractivity contribution in [2.45, 2.75) is 19.3 Å². The summed E-state index contributed by atoms with van der Waals surface area (Å²) in [7, 11) is 0. The van der Waals surface area contributed by atoms with Crippen molar-refractivity contribution in [3.8, 4) is 0 Å². The van der Waals surface area contributed by atoms with Crippen molar-refractivity contribution in [3.05, 3.63) is 24.0 Å². The molecule has 2 heterocycles. The third-order valence-electron chi connectivity index (χ3n) is 3.31. The number of hydrogen-bond donors (Lipinski definition) is 2. The Bertz CT molecular complexity index is 490. The van der Waals surface area contributed by atoms with E-state index in [1.165, 1.54) is 6.20 Å². The molecule has 1 fully saturated rings. The van der Waals surface area contributed by atoms with E-state index < -0.39 is 5.97 Å². The second kappa shape index (κ2) is 5.69. The van der Waals surface area contributed by atoms with Crippen molar-refractivity contribution in [3.63, 3.8) is 0 Å². The predicted molar refractivity (Wildman–Crippen MR) is 69.5 cm³/mol. The lowest BCUT2D eigenvalue weighted by Gasteiger charge is -2.32. The highest BCUT2D eigenvalue weighted by atomic mass is 16.4. The number of piperidine rings is 1. The largest absolute Gasteiger partial charge is 0.481 e. The highest BCUT2D eigenvalue weighted by Gasteiger charge is 2.27. The highest BCUT2D eigenvalue weighted by molar-refractivity contribution is 5.97. The molecule has 19 heavy (non-hydrogen) atoms. The lowest BCUT2D eigenvalue weighted by Crippen LogP contribution is -2.41. The molecule has 1 saturated heterocycles. The topological polar surface area (TPSA) is 96.5 Å². The lowest BCUT2D eigenvalue weighted by molar-refractivity contribution is -0.138. The first-order valence-corrected chi connectivity index (χ1v) is 6.29. The van der Waals surface area contributed by atoms with Crippen LogP contribution < -0.4 is 5.73 Å². The number of carbonyl (C=O) groups excluding carboxylic acids is 1. The molecule has 0 spiro atoms. The van der Waals surface area contributed by atoms with Gasteiger partial charge in [0.15, 0.2) is 5.69 Å². The lowest BCUT2D eigenvalue weighted by atomic mass is 9.94. The van der Waals surface area contributed by atoms with Crippen LogP contribution in [-0.4, -0.2) is 40.0 Å². The Balaban J connectivity index is 2.07. The van der Waals surface area contributed by atoms with Gasteiger partial charge in [-0.25, -0.2) is 4.98 Å². The summed E-state index contributed by atoms with van der Waals surface area (Å²) in [5.41, 5.74) is 6.34. The number of pyridine rings is 1. The zero-order valence-corrected chi connectivity index (χ0v) is 10.6. The number of likely N-dealkylation sites (tertiary alicyclic amines) is 1. The maximum absolute atomic E-state index is 12.3. The summed E-state index contributed by atoms with van der Waals surface area (Å²) >= 11 is 0. The van der Waals surface area contributed by atoms with E-state index in [2.05, 4.69) is 4.98 Å². The number of carboxylic acids is 1. The van der Waals surface area contributed by atoms with E-state index in [0.717, 1.165) is 12.8 Å². The molecular formula is C13H17N3O3. The normalized spacial score (nSPS) is 19.2. The fraction of sp³-hybridized carbons (Fsp3) is 0.462. The fourth-order valence-electron chi connectivity index (χ4n) is 2.41. The minimum Gasteiger partial charge on any atom is -0.481 e. The van der Waals surface area contributed by atoms with E-state index in [-0.39, 0.29) is 23.9 Å². The molecule has 1 atom stereocenters. The van der Waals surface area contributed by atoms with E-state index in [4.69, 9.17) is 10.8 Å². The molecule has 102 valence electrons. The Hall–Kier alpha value is -2.11. The number of aliphatic carboxylic acids is 1. The maximum atomic E-state index is 12.3. The van der Waals surface area contributed by atoms with Gasteiger partial charge in [-0.3, -0.25) is 9.59 Å². The molecule has 0 radical (unpaired) electrons. The molecule has 3 N–H and O–H groups in total. The minimum absolute atomic E-state index is 0.0140. The number of carbonyl (C=O) groups is 2. The molecule has 1 aliphatic rings. The van der Waals surface area contributed by atoms with Crippen molar-refractivity contribution in [1.82, 2.24) is 9.88 Å². The summed E-state index contributed by atoms with van der Waals surface area (Å²) in [5, 5.41) is 8.82. The standard InChI is InChI=1S/C13H17N3O3/c14-10-4-1-5-15-12(10)13(19)16-6-2-3-9(8-16)7-11(17)18/h1,4-5,9H,2-3,6-8,14H2,(H,17,18). The van der Waals surface area contributed by atoms with Crippen molar-refractivity contribution in [1.29, 1.82) is 0 Å². The Morgan fingerprint density at radius 2 is 2.32 bits per heavy atom. The van der Waals surface area contributed by atoms with Crippen LogP contribution >= 0.6 is 0 Å². The number of rotatable bonds is 3. The first kappa shape index (κ1) is 13.3. The summed E-state index contributed by atoms with van der Waals surface area (Å²) in [5.74, 6) is -1.02. The average molecular weight is 263 g/mol. The second-order valence-corrected chi connectivity index (χ2v) is 4.80. The van der Waals surface area contributed by atoms with E-state index in [0.29, 0.717) is 18.8 Å². The molecule has 0 saturated carbocycles. The summed E-state index contributed by atoms with van der Waals surface area (Å²) in [4.78, 5) is 28.7. The van der Waals surface area contributed by atoms with Gasteiger partial charge in [0.25, 0.3) is 5.91 Å². The number of carboxylic acid groups (broad SMARTS) is 1. The van der Waals surface area contributed by atoms with Gasteiger partial charge in [-0.15, -0.1) is 0 Å². The molecule has 2 rings (SSSR count). The number of nitrogens with zero attached hydrogens (tertiary/aromatic N) is 2.